The molecule has 1 atom stereocenters. The normalized spacial score (nSPS) is 12.8. The molecule has 6 nitrogen and oxygen atoms in total. The number of carbonyl (C=O) groups is 1. The van der Waals surface area contributed by atoms with Crippen LogP contribution in [0.1, 0.15) is 17.2 Å². The van der Waals surface area contributed by atoms with Crippen molar-refractivity contribution in [3.05, 3.63) is 72.1 Å². The standard InChI is InChI=1S/C20H14F6N4O2/c21-19(22,23)14-8-6-13(7-9-14)16-28-11-29-18(30-16)27-10-15(12-4-2-1-3-5-12)32-17(31)20(24,25)26/h1-9,11,15H,10H2,(H,27,28,29,30)/t15-/m0/s1. The van der Waals surface area contributed by atoms with E-state index in [-0.39, 0.29) is 23.9 Å². The van der Waals surface area contributed by atoms with Gasteiger partial charge < -0.3 is 10.1 Å². The molecule has 3 rings (SSSR count). The van der Waals surface area contributed by atoms with Gasteiger partial charge in [0.15, 0.2) is 5.82 Å². The van der Waals surface area contributed by atoms with E-state index in [0.29, 0.717) is 5.56 Å². The fourth-order valence-corrected chi connectivity index (χ4v) is 2.60. The van der Waals surface area contributed by atoms with Crippen molar-refractivity contribution in [3.8, 4) is 11.4 Å². The number of nitrogens with one attached hydrogen (secondary N) is 1. The van der Waals surface area contributed by atoms with E-state index in [4.69, 9.17) is 0 Å². The van der Waals surface area contributed by atoms with Crippen molar-refractivity contribution in [2.24, 2.45) is 0 Å². The summed E-state index contributed by atoms with van der Waals surface area (Å²) in [5.74, 6) is -2.38. The average molecular weight is 456 g/mol. The Morgan fingerprint density at radius 2 is 1.59 bits per heavy atom. The van der Waals surface area contributed by atoms with E-state index in [9.17, 15) is 31.1 Å². The predicted octanol–water partition coefficient (Wildman–Crippen LogP) is 4.82. The molecule has 0 unspecified atom stereocenters. The van der Waals surface area contributed by atoms with Gasteiger partial charge in [-0.15, -0.1) is 0 Å². The van der Waals surface area contributed by atoms with Crippen LogP contribution in [0.2, 0.25) is 0 Å². The van der Waals surface area contributed by atoms with E-state index in [0.717, 1.165) is 18.5 Å². The Labute approximate surface area is 177 Å². The van der Waals surface area contributed by atoms with E-state index < -0.39 is 30.0 Å². The summed E-state index contributed by atoms with van der Waals surface area (Å²) in [6.45, 7) is -0.303. The number of hydrogen-bond donors (Lipinski definition) is 1. The molecule has 0 amide bonds. The Bertz CT molecular complexity index is 1060. The molecule has 0 saturated heterocycles. The molecule has 0 aliphatic carbocycles. The first-order valence-corrected chi connectivity index (χ1v) is 8.97. The largest absolute Gasteiger partial charge is 0.490 e. The number of alkyl halides is 6. The Kier molecular flexibility index (Phi) is 6.61. The minimum Gasteiger partial charge on any atom is -0.449 e. The number of esters is 1. The average Bonchev–Trinajstić information content (AvgIpc) is 2.76. The Morgan fingerprint density at radius 3 is 2.19 bits per heavy atom. The molecule has 0 bridgehead atoms. The van der Waals surface area contributed by atoms with E-state index in [1.54, 1.807) is 18.2 Å². The quantitative estimate of drug-likeness (QED) is 0.424. The molecule has 0 spiro atoms. The van der Waals surface area contributed by atoms with Crippen molar-refractivity contribution in [1.82, 2.24) is 15.0 Å². The van der Waals surface area contributed by atoms with Crippen molar-refractivity contribution >= 4 is 11.9 Å². The van der Waals surface area contributed by atoms with E-state index >= 15 is 0 Å². The SMILES string of the molecule is O=C(O[C@@H](CNc1ncnc(-c2ccc(C(F)(F)F)cc2)n1)c1ccccc1)C(F)(F)F. The monoisotopic (exact) mass is 456 g/mol. The molecule has 32 heavy (non-hydrogen) atoms. The highest BCUT2D eigenvalue weighted by Gasteiger charge is 2.42. The minimum absolute atomic E-state index is 0.0415. The molecular weight excluding hydrogens is 442 g/mol. The van der Waals surface area contributed by atoms with Crippen molar-refractivity contribution in [3.63, 3.8) is 0 Å². The van der Waals surface area contributed by atoms with Gasteiger partial charge in [-0.25, -0.2) is 14.8 Å². The second kappa shape index (κ2) is 9.20. The van der Waals surface area contributed by atoms with Crippen LogP contribution in [-0.4, -0.2) is 33.6 Å². The Balaban J connectivity index is 1.76. The van der Waals surface area contributed by atoms with Gasteiger partial charge in [-0.2, -0.15) is 31.3 Å². The van der Waals surface area contributed by atoms with Crippen LogP contribution in [0, 0.1) is 0 Å². The summed E-state index contributed by atoms with van der Waals surface area (Å²) in [5.41, 5.74) is -0.271. The Morgan fingerprint density at radius 1 is 0.938 bits per heavy atom. The fourth-order valence-electron chi connectivity index (χ4n) is 2.60. The number of anilines is 1. The molecule has 168 valence electrons. The molecule has 12 heteroatoms. The first kappa shape index (κ1) is 23.0. The lowest BCUT2D eigenvalue weighted by molar-refractivity contribution is -0.204. The number of rotatable bonds is 6. The zero-order valence-corrected chi connectivity index (χ0v) is 16.0. The maximum absolute atomic E-state index is 12.7. The summed E-state index contributed by atoms with van der Waals surface area (Å²) < 4.78 is 80.6. The highest BCUT2D eigenvalue weighted by atomic mass is 19.4. The third-order valence-electron chi connectivity index (χ3n) is 4.14. The summed E-state index contributed by atoms with van der Waals surface area (Å²) in [7, 11) is 0. The van der Waals surface area contributed by atoms with E-state index in [1.807, 2.05) is 0 Å². The molecular formula is C20H14F6N4O2. The van der Waals surface area contributed by atoms with Crippen molar-refractivity contribution in [2.45, 2.75) is 18.5 Å². The summed E-state index contributed by atoms with van der Waals surface area (Å²) in [5, 5.41) is 2.66. The number of ether oxygens (including phenoxy) is 1. The van der Waals surface area contributed by atoms with Gasteiger partial charge in [-0.1, -0.05) is 42.5 Å². The second-order valence-corrected chi connectivity index (χ2v) is 6.39. The van der Waals surface area contributed by atoms with Crippen LogP contribution in [0.4, 0.5) is 32.3 Å². The molecule has 0 saturated carbocycles. The topological polar surface area (TPSA) is 77.0 Å². The number of carbonyl (C=O) groups excluding carboxylic acids is 1. The van der Waals surface area contributed by atoms with Gasteiger partial charge in [0.05, 0.1) is 12.1 Å². The van der Waals surface area contributed by atoms with Gasteiger partial charge in [0.25, 0.3) is 0 Å². The van der Waals surface area contributed by atoms with Crippen molar-refractivity contribution in [2.75, 3.05) is 11.9 Å². The first-order chi connectivity index (χ1) is 15.0. The van der Waals surface area contributed by atoms with Crippen LogP contribution >= 0.6 is 0 Å². The van der Waals surface area contributed by atoms with Gasteiger partial charge >= 0.3 is 18.3 Å². The predicted molar refractivity (Wildman–Crippen MR) is 100 cm³/mol. The summed E-state index contributed by atoms with van der Waals surface area (Å²) in [6.07, 6.45) is -9.89. The zero-order chi connectivity index (χ0) is 23.4. The maximum Gasteiger partial charge on any atom is 0.490 e. The molecule has 0 aliphatic heterocycles. The molecule has 0 aliphatic rings. The lowest BCUT2D eigenvalue weighted by Crippen LogP contribution is -2.29. The smallest absolute Gasteiger partial charge is 0.449 e. The molecule has 0 fully saturated rings. The highest BCUT2D eigenvalue weighted by molar-refractivity contribution is 5.76. The highest BCUT2D eigenvalue weighted by Crippen LogP contribution is 2.30. The van der Waals surface area contributed by atoms with E-state index in [1.165, 1.54) is 24.3 Å². The van der Waals surface area contributed by atoms with Crippen LogP contribution in [-0.2, 0) is 15.7 Å². The molecule has 3 aromatic rings. The summed E-state index contributed by atoms with van der Waals surface area (Å²) in [6, 6.07) is 11.8. The van der Waals surface area contributed by atoms with Crippen molar-refractivity contribution < 1.29 is 35.9 Å². The lowest BCUT2D eigenvalue weighted by Gasteiger charge is -2.19. The molecule has 0 radical (unpaired) electrons. The summed E-state index contributed by atoms with van der Waals surface area (Å²) >= 11 is 0. The van der Waals surface area contributed by atoms with Crippen LogP contribution in [0.3, 0.4) is 0 Å². The molecule has 1 N–H and O–H groups in total. The molecule has 1 heterocycles. The van der Waals surface area contributed by atoms with Crippen LogP contribution in [0.5, 0.6) is 0 Å². The Hall–Kier alpha value is -3.70. The lowest BCUT2D eigenvalue weighted by atomic mass is 10.1. The van der Waals surface area contributed by atoms with Crippen LogP contribution in [0.25, 0.3) is 11.4 Å². The first-order valence-electron chi connectivity index (χ1n) is 8.97. The second-order valence-electron chi connectivity index (χ2n) is 6.39. The number of benzene rings is 2. The minimum atomic E-state index is -5.17. The van der Waals surface area contributed by atoms with Crippen LogP contribution < -0.4 is 5.32 Å². The molecule has 2 aromatic carbocycles. The number of aromatic nitrogens is 3. The third-order valence-corrected chi connectivity index (χ3v) is 4.14. The van der Waals surface area contributed by atoms with Crippen molar-refractivity contribution in [1.29, 1.82) is 0 Å². The molecule has 1 aromatic heterocycles. The fraction of sp³-hybridized carbons (Fsp3) is 0.200. The number of hydrogen-bond acceptors (Lipinski definition) is 6. The van der Waals surface area contributed by atoms with E-state index in [2.05, 4.69) is 25.0 Å². The van der Waals surface area contributed by atoms with Gasteiger partial charge in [0, 0.05) is 5.56 Å². The number of halogens is 6. The van der Waals surface area contributed by atoms with Gasteiger partial charge in [0.2, 0.25) is 5.95 Å². The van der Waals surface area contributed by atoms with Crippen LogP contribution in [0.15, 0.2) is 60.9 Å². The third kappa shape index (κ3) is 5.93. The zero-order valence-electron chi connectivity index (χ0n) is 16.0. The van der Waals surface area contributed by atoms with Gasteiger partial charge in [-0.05, 0) is 17.7 Å². The van der Waals surface area contributed by atoms with Gasteiger partial charge in [0.1, 0.15) is 12.4 Å². The maximum atomic E-state index is 12.7. The van der Waals surface area contributed by atoms with Gasteiger partial charge in [-0.3, -0.25) is 0 Å². The number of nitrogens with zero attached hydrogens (tertiary/aromatic N) is 3. The summed E-state index contributed by atoms with van der Waals surface area (Å²) in [4.78, 5) is 23.1.